The standard InChI is InChI=1S/C17H19ClN2O/c1-13(14-8-4-3-5-9-14)20(2)12-17(21)19-16-11-7-6-10-15(16)18/h3-11,13H,12H2,1-2H3,(H,19,21)/t13-/m1/s1. The Bertz CT molecular complexity index is 601. The second-order valence-electron chi connectivity index (χ2n) is 5.03. The van der Waals surface area contributed by atoms with Crippen LogP contribution in [-0.4, -0.2) is 24.4 Å². The number of carbonyl (C=O) groups is 1. The summed E-state index contributed by atoms with van der Waals surface area (Å²) in [6.07, 6.45) is 0. The number of likely N-dealkylation sites (N-methyl/N-ethyl adjacent to an activating group) is 1. The van der Waals surface area contributed by atoms with Crippen molar-refractivity contribution >= 4 is 23.2 Å². The average molecular weight is 303 g/mol. The van der Waals surface area contributed by atoms with Crippen molar-refractivity contribution in [3.05, 3.63) is 65.2 Å². The van der Waals surface area contributed by atoms with Crippen LogP contribution in [0.25, 0.3) is 0 Å². The van der Waals surface area contributed by atoms with E-state index < -0.39 is 0 Å². The molecular weight excluding hydrogens is 284 g/mol. The van der Waals surface area contributed by atoms with Crippen LogP contribution in [0.4, 0.5) is 5.69 Å². The molecule has 0 saturated carbocycles. The van der Waals surface area contributed by atoms with Crippen molar-refractivity contribution in [3.8, 4) is 0 Å². The number of nitrogens with zero attached hydrogens (tertiary/aromatic N) is 1. The summed E-state index contributed by atoms with van der Waals surface area (Å²) in [5.74, 6) is -0.0756. The summed E-state index contributed by atoms with van der Waals surface area (Å²) in [4.78, 5) is 14.1. The molecule has 0 radical (unpaired) electrons. The molecule has 0 aliphatic heterocycles. The summed E-state index contributed by atoms with van der Waals surface area (Å²) in [6, 6.07) is 17.5. The Kier molecular flexibility index (Phi) is 5.37. The third-order valence-corrected chi connectivity index (χ3v) is 3.81. The van der Waals surface area contributed by atoms with Gasteiger partial charge in [-0.05, 0) is 31.7 Å². The molecule has 2 aromatic rings. The zero-order valence-corrected chi connectivity index (χ0v) is 13.0. The number of hydrogen-bond donors (Lipinski definition) is 1. The Morgan fingerprint density at radius 2 is 1.76 bits per heavy atom. The molecule has 1 atom stereocenters. The molecule has 0 unspecified atom stereocenters. The monoisotopic (exact) mass is 302 g/mol. The van der Waals surface area contributed by atoms with Crippen LogP contribution >= 0.6 is 11.6 Å². The number of para-hydroxylation sites is 1. The van der Waals surface area contributed by atoms with Gasteiger partial charge in [0.1, 0.15) is 0 Å². The van der Waals surface area contributed by atoms with Gasteiger partial charge in [0.25, 0.3) is 0 Å². The quantitative estimate of drug-likeness (QED) is 0.906. The Morgan fingerprint density at radius 3 is 2.43 bits per heavy atom. The van der Waals surface area contributed by atoms with Crippen LogP contribution in [0.1, 0.15) is 18.5 Å². The van der Waals surface area contributed by atoms with Gasteiger partial charge in [-0.2, -0.15) is 0 Å². The second-order valence-corrected chi connectivity index (χ2v) is 5.44. The minimum absolute atomic E-state index is 0.0756. The molecule has 21 heavy (non-hydrogen) atoms. The van der Waals surface area contributed by atoms with E-state index in [1.54, 1.807) is 12.1 Å². The Morgan fingerprint density at radius 1 is 1.14 bits per heavy atom. The van der Waals surface area contributed by atoms with E-state index in [4.69, 9.17) is 11.6 Å². The molecule has 1 N–H and O–H groups in total. The zero-order valence-electron chi connectivity index (χ0n) is 12.2. The van der Waals surface area contributed by atoms with Crippen LogP contribution in [0.5, 0.6) is 0 Å². The van der Waals surface area contributed by atoms with Gasteiger partial charge in [-0.15, -0.1) is 0 Å². The SMILES string of the molecule is C[C@H](c1ccccc1)N(C)CC(=O)Nc1ccccc1Cl. The predicted molar refractivity (Wildman–Crippen MR) is 87.6 cm³/mol. The third kappa shape index (κ3) is 4.31. The minimum atomic E-state index is -0.0756. The van der Waals surface area contributed by atoms with Crippen LogP contribution in [0.2, 0.25) is 5.02 Å². The van der Waals surface area contributed by atoms with Gasteiger partial charge in [-0.25, -0.2) is 0 Å². The van der Waals surface area contributed by atoms with E-state index in [1.165, 1.54) is 5.56 Å². The maximum absolute atomic E-state index is 12.1. The molecule has 0 spiro atoms. The van der Waals surface area contributed by atoms with Crippen LogP contribution in [-0.2, 0) is 4.79 Å². The Hall–Kier alpha value is -1.84. The number of anilines is 1. The largest absolute Gasteiger partial charge is 0.324 e. The molecule has 0 fully saturated rings. The fraction of sp³-hybridized carbons (Fsp3) is 0.235. The molecule has 4 heteroatoms. The lowest BCUT2D eigenvalue weighted by molar-refractivity contribution is -0.117. The van der Waals surface area contributed by atoms with Gasteiger partial charge in [0.2, 0.25) is 5.91 Å². The van der Waals surface area contributed by atoms with E-state index in [0.717, 1.165) is 0 Å². The normalized spacial score (nSPS) is 12.2. The second kappa shape index (κ2) is 7.25. The topological polar surface area (TPSA) is 32.3 Å². The van der Waals surface area contributed by atoms with Gasteiger partial charge < -0.3 is 5.32 Å². The average Bonchev–Trinajstić information content (AvgIpc) is 2.49. The van der Waals surface area contributed by atoms with Gasteiger partial charge in [0, 0.05) is 6.04 Å². The highest BCUT2D eigenvalue weighted by Crippen LogP contribution is 2.21. The Labute approximate surface area is 130 Å². The number of nitrogens with one attached hydrogen (secondary N) is 1. The molecule has 1 amide bonds. The van der Waals surface area contributed by atoms with Gasteiger partial charge in [0.15, 0.2) is 0 Å². The van der Waals surface area contributed by atoms with Crippen molar-refractivity contribution < 1.29 is 4.79 Å². The first-order valence-corrected chi connectivity index (χ1v) is 7.25. The van der Waals surface area contributed by atoms with E-state index >= 15 is 0 Å². The maximum atomic E-state index is 12.1. The molecule has 0 heterocycles. The highest BCUT2D eigenvalue weighted by molar-refractivity contribution is 6.33. The van der Waals surface area contributed by atoms with E-state index in [2.05, 4.69) is 24.4 Å². The van der Waals surface area contributed by atoms with E-state index in [9.17, 15) is 4.79 Å². The van der Waals surface area contributed by atoms with E-state index in [-0.39, 0.29) is 11.9 Å². The number of rotatable bonds is 5. The molecular formula is C17H19ClN2O. The number of halogens is 1. The third-order valence-electron chi connectivity index (χ3n) is 3.48. The predicted octanol–water partition coefficient (Wildman–Crippen LogP) is 3.97. The zero-order chi connectivity index (χ0) is 15.2. The van der Waals surface area contributed by atoms with E-state index in [0.29, 0.717) is 17.3 Å². The van der Waals surface area contributed by atoms with Crippen LogP contribution < -0.4 is 5.32 Å². The van der Waals surface area contributed by atoms with Crippen molar-refractivity contribution in [1.82, 2.24) is 4.90 Å². The fourth-order valence-electron chi connectivity index (χ4n) is 2.10. The highest BCUT2D eigenvalue weighted by Gasteiger charge is 2.15. The molecule has 2 aromatic carbocycles. The van der Waals surface area contributed by atoms with E-state index in [1.807, 2.05) is 42.3 Å². The molecule has 0 aliphatic carbocycles. The van der Waals surface area contributed by atoms with Gasteiger partial charge >= 0.3 is 0 Å². The maximum Gasteiger partial charge on any atom is 0.238 e. The first-order chi connectivity index (χ1) is 10.1. The first kappa shape index (κ1) is 15.5. The van der Waals surface area contributed by atoms with Crippen LogP contribution in [0, 0.1) is 0 Å². The summed E-state index contributed by atoms with van der Waals surface area (Å²) < 4.78 is 0. The molecule has 0 saturated heterocycles. The summed E-state index contributed by atoms with van der Waals surface area (Å²) in [5.41, 5.74) is 1.83. The summed E-state index contributed by atoms with van der Waals surface area (Å²) in [5, 5.41) is 3.38. The fourth-order valence-corrected chi connectivity index (χ4v) is 2.28. The first-order valence-electron chi connectivity index (χ1n) is 6.87. The lowest BCUT2D eigenvalue weighted by Crippen LogP contribution is -2.32. The molecule has 0 bridgehead atoms. The number of amides is 1. The summed E-state index contributed by atoms with van der Waals surface area (Å²) >= 11 is 6.03. The number of hydrogen-bond acceptors (Lipinski definition) is 2. The Balaban J connectivity index is 1.95. The lowest BCUT2D eigenvalue weighted by Gasteiger charge is -2.24. The molecule has 0 aromatic heterocycles. The van der Waals surface area contributed by atoms with Gasteiger partial charge in [-0.1, -0.05) is 54.1 Å². The highest BCUT2D eigenvalue weighted by atomic mass is 35.5. The van der Waals surface area contributed by atoms with Crippen molar-refractivity contribution in [1.29, 1.82) is 0 Å². The molecule has 3 nitrogen and oxygen atoms in total. The number of carbonyl (C=O) groups excluding carboxylic acids is 1. The van der Waals surface area contributed by atoms with Gasteiger partial charge in [0.05, 0.1) is 17.3 Å². The van der Waals surface area contributed by atoms with Crippen molar-refractivity contribution in [2.24, 2.45) is 0 Å². The minimum Gasteiger partial charge on any atom is -0.324 e. The van der Waals surface area contributed by atoms with Crippen LogP contribution in [0.3, 0.4) is 0 Å². The van der Waals surface area contributed by atoms with Gasteiger partial charge in [-0.3, -0.25) is 9.69 Å². The summed E-state index contributed by atoms with van der Waals surface area (Å²) in [6.45, 7) is 2.39. The molecule has 0 aliphatic rings. The van der Waals surface area contributed by atoms with Crippen LogP contribution in [0.15, 0.2) is 54.6 Å². The van der Waals surface area contributed by atoms with Crippen molar-refractivity contribution in [3.63, 3.8) is 0 Å². The number of benzene rings is 2. The smallest absolute Gasteiger partial charge is 0.238 e. The molecule has 2 rings (SSSR count). The van der Waals surface area contributed by atoms with Crippen molar-refractivity contribution in [2.75, 3.05) is 18.9 Å². The molecule has 110 valence electrons. The van der Waals surface area contributed by atoms with Crippen molar-refractivity contribution in [2.45, 2.75) is 13.0 Å². The lowest BCUT2D eigenvalue weighted by atomic mass is 10.1. The summed E-state index contributed by atoms with van der Waals surface area (Å²) in [7, 11) is 1.93.